The Bertz CT molecular complexity index is 669. The van der Waals surface area contributed by atoms with E-state index in [1.807, 2.05) is 0 Å². The fraction of sp³-hybridized carbons (Fsp3) is 1.00. The van der Waals surface area contributed by atoms with Gasteiger partial charge in [-0.05, 0) is 19.3 Å². The summed E-state index contributed by atoms with van der Waals surface area (Å²) < 4.78 is 16.2. The summed E-state index contributed by atoms with van der Waals surface area (Å²) >= 11 is 0. The van der Waals surface area contributed by atoms with Crippen LogP contribution in [0.15, 0.2) is 0 Å². The third-order valence-electron chi connectivity index (χ3n) is 7.93. The smallest absolute Gasteiger partial charge is 0.187 e. The van der Waals surface area contributed by atoms with Gasteiger partial charge in [0, 0.05) is 12.3 Å². The molecule has 2 aliphatic carbocycles. The van der Waals surface area contributed by atoms with Crippen LogP contribution in [0.2, 0.25) is 0 Å². The molecule has 11 N–H and O–H groups in total. The second kappa shape index (κ2) is 10.5. The lowest BCUT2D eigenvalue weighted by Crippen LogP contribution is -2.65. The molecule has 4 aliphatic rings. The molecular formula is C21H37O13+. The van der Waals surface area contributed by atoms with Crippen molar-refractivity contribution >= 4 is 0 Å². The molecule has 0 amide bonds. The molecule has 2 heterocycles. The van der Waals surface area contributed by atoms with E-state index in [2.05, 4.69) is 0 Å². The predicted molar refractivity (Wildman–Crippen MR) is 110 cm³/mol. The first-order valence-corrected chi connectivity index (χ1v) is 11.8. The van der Waals surface area contributed by atoms with Gasteiger partial charge in [0.05, 0.1) is 36.9 Å². The van der Waals surface area contributed by atoms with Crippen LogP contribution in [0.5, 0.6) is 0 Å². The number of fused-ring (bicyclic) bond motifs is 1. The predicted octanol–water partition coefficient (Wildman–Crippen LogP) is -5.56. The summed E-state index contributed by atoms with van der Waals surface area (Å²) in [5.74, 6) is -1.07. The highest BCUT2D eigenvalue weighted by Crippen LogP contribution is 2.42. The molecule has 0 bridgehead atoms. The van der Waals surface area contributed by atoms with E-state index in [9.17, 15) is 51.1 Å². The van der Waals surface area contributed by atoms with Crippen molar-refractivity contribution < 1.29 is 65.3 Å². The van der Waals surface area contributed by atoms with Gasteiger partial charge in [0.15, 0.2) is 18.5 Å². The molecule has 0 radical (unpaired) electrons. The molecule has 14 atom stereocenters. The van der Waals surface area contributed by atoms with Gasteiger partial charge in [-0.1, -0.05) is 0 Å². The minimum Gasteiger partial charge on any atom is -0.427 e. The van der Waals surface area contributed by atoms with Crippen LogP contribution in [0.1, 0.15) is 25.7 Å². The van der Waals surface area contributed by atoms with Gasteiger partial charge in [-0.3, -0.25) is 0 Å². The molecule has 0 aromatic heterocycles. The van der Waals surface area contributed by atoms with Crippen LogP contribution in [-0.4, -0.2) is 148 Å². The van der Waals surface area contributed by atoms with Crippen molar-refractivity contribution in [3.05, 3.63) is 0 Å². The molecule has 198 valence electrons. The second-order valence-electron chi connectivity index (χ2n) is 10.1. The van der Waals surface area contributed by atoms with Crippen molar-refractivity contribution in [2.45, 2.75) is 111 Å². The molecule has 2 aliphatic heterocycles. The molecule has 34 heavy (non-hydrogen) atoms. The SMILES string of the molecule is OCC1OC(OC2CC3C(CC(O)C(O)C3O)[OH+]C2C2CC(O)C(O)C(O)C2)C(O)C(O)C1O. The first-order valence-electron chi connectivity index (χ1n) is 11.8. The first-order chi connectivity index (χ1) is 16.0. The maximum Gasteiger partial charge on any atom is 0.187 e. The minimum absolute atomic E-state index is 0.0893. The molecule has 13 heteroatoms. The molecule has 4 fully saturated rings. The second-order valence-corrected chi connectivity index (χ2v) is 10.1. The van der Waals surface area contributed by atoms with Gasteiger partial charge in [0.1, 0.15) is 42.7 Å². The van der Waals surface area contributed by atoms with Crippen molar-refractivity contribution in [2.75, 3.05) is 6.61 Å². The van der Waals surface area contributed by atoms with Gasteiger partial charge >= 0.3 is 0 Å². The average molecular weight is 498 g/mol. The van der Waals surface area contributed by atoms with Crippen molar-refractivity contribution in [3.63, 3.8) is 0 Å². The zero-order chi connectivity index (χ0) is 24.9. The van der Waals surface area contributed by atoms with Crippen molar-refractivity contribution in [1.82, 2.24) is 0 Å². The van der Waals surface area contributed by atoms with E-state index in [1.165, 1.54) is 0 Å². The number of rotatable bonds is 4. The standard InChI is InChI=1S/C21H36O13/c22-5-13-17(29)18(30)19(31)21(34-13)33-12-3-7-11(4-10(25)16(28)14(7)26)32-20(12)6-1-8(23)15(27)9(24)2-6/h6-31H,1-5H2/p+1. The van der Waals surface area contributed by atoms with E-state index in [4.69, 9.17) is 14.2 Å². The molecule has 0 aromatic rings. The third kappa shape index (κ3) is 4.87. The third-order valence-corrected chi connectivity index (χ3v) is 7.93. The Morgan fingerprint density at radius 3 is 1.91 bits per heavy atom. The molecular weight excluding hydrogens is 460 g/mol. The largest absolute Gasteiger partial charge is 0.427 e. The van der Waals surface area contributed by atoms with Gasteiger partial charge in [0.25, 0.3) is 0 Å². The van der Waals surface area contributed by atoms with E-state index >= 15 is 0 Å². The molecule has 0 aromatic carbocycles. The number of aliphatic hydroxyl groups is 12. The highest BCUT2D eigenvalue weighted by atomic mass is 16.7. The summed E-state index contributed by atoms with van der Waals surface area (Å²) in [5, 5.41) is 101. The van der Waals surface area contributed by atoms with E-state index in [0.717, 1.165) is 0 Å². The van der Waals surface area contributed by atoms with Gasteiger partial charge in [-0.2, -0.15) is 0 Å². The lowest BCUT2D eigenvalue weighted by atomic mass is 9.71. The highest BCUT2D eigenvalue weighted by Gasteiger charge is 2.57. The summed E-state index contributed by atoms with van der Waals surface area (Å²) in [6.07, 6.45) is -16.9. The number of hydrogen-bond donors (Lipinski definition) is 10. The van der Waals surface area contributed by atoms with Crippen LogP contribution < -0.4 is 0 Å². The van der Waals surface area contributed by atoms with Gasteiger partial charge in [0.2, 0.25) is 0 Å². The van der Waals surface area contributed by atoms with E-state index in [-0.39, 0.29) is 25.7 Å². The molecule has 2 saturated heterocycles. The molecule has 4 rings (SSSR count). The van der Waals surface area contributed by atoms with Crippen molar-refractivity contribution in [3.8, 4) is 0 Å². The summed E-state index contributed by atoms with van der Waals surface area (Å²) in [6, 6.07) is 0. The lowest BCUT2D eigenvalue weighted by Gasteiger charge is -2.49. The van der Waals surface area contributed by atoms with Crippen molar-refractivity contribution in [1.29, 1.82) is 0 Å². The minimum atomic E-state index is -1.66. The fourth-order valence-corrected chi connectivity index (χ4v) is 5.91. The zero-order valence-electron chi connectivity index (χ0n) is 18.5. The van der Waals surface area contributed by atoms with Crippen LogP contribution >= 0.6 is 0 Å². The van der Waals surface area contributed by atoms with Gasteiger partial charge in [-0.15, -0.1) is 0 Å². The van der Waals surface area contributed by atoms with Crippen LogP contribution in [0.4, 0.5) is 0 Å². The Labute approximate surface area is 195 Å². The van der Waals surface area contributed by atoms with Gasteiger partial charge in [-0.25, -0.2) is 0 Å². The monoisotopic (exact) mass is 497 g/mol. The molecule has 14 unspecified atom stereocenters. The highest BCUT2D eigenvalue weighted by molar-refractivity contribution is 5.01. The number of ether oxygens (including phenoxy) is 3. The normalized spacial score (nSPS) is 56.6. The van der Waals surface area contributed by atoms with Gasteiger partial charge < -0.3 is 65.3 Å². The van der Waals surface area contributed by atoms with Crippen LogP contribution in [0.25, 0.3) is 0 Å². The number of hydrogen-bond acceptors (Lipinski definition) is 12. The summed E-state index contributed by atoms with van der Waals surface area (Å²) in [6.45, 7) is -0.643. The Morgan fingerprint density at radius 1 is 0.676 bits per heavy atom. The molecule has 0 spiro atoms. The zero-order valence-corrected chi connectivity index (χ0v) is 18.5. The number of aliphatic hydroxyl groups excluding tert-OH is 10. The van der Waals surface area contributed by atoms with E-state index in [1.54, 1.807) is 0 Å². The Hall–Kier alpha value is -0.520. The van der Waals surface area contributed by atoms with Crippen LogP contribution in [0.3, 0.4) is 0 Å². The van der Waals surface area contributed by atoms with E-state index in [0.29, 0.717) is 0 Å². The Kier molecular flexibility index (Phi) is 8.16. The quantitative estimate of drug-likeness (QED) is 0.164. The van der Waals surface area contributed by atoms with Crippen LogP contribution in [0, 0.1) is 11.8 Å². The topological polar surface area (TPSA) is 234 Å². The average Bonchev–Trinajstić information content (AvgIpc) is 2.81. The summed E-state index contributed by atoms with van der Waals surface area (Å²) in [7, 11) is 0. The first kappa shape index (κ1) is 26.5. The Balaban J connectivity index is 1.57. The van der Waals surface area contributed by atoms with Crippen molar-refractivity contribution in [2.24, 2.45) is 11.8 Å². The summed E-state index contributed by atoms with van der Waals surface area (Å²) in [4.78, 5) is 0. The fourth-order valence-electron chi connectivity index (χ4n) is 5.91. The van der Waals surface area contributed by atoms with Crippen LogP contribution in [-0.2, 0) is 9.47 Å². The lowest BCUT2D eigenvalue weighted by molar-refractivity contribution is -0.360. The maximum absolute atomic E-state index is 10.6. The maximum atomic E-state index is 10.6. The Morgan fingerprint density at radius 2 is 1.29 bits per heavy atom. The molecule has 13 nitrogen and oxygen atoms in total. The summed E-state index contributed by atoms with van der Waals surface area (Å²) in [5.41, 5.74) is 0. The molecule has 2 saturated carbocycles. The van der Waals surface area contributed by atoms with E-state index < -0.39 is 104 Å².